The van der Waals surface area contributed by atoms with Crippen molar-refractivity contribution in [2.24, 2.45) is 0 Å². The molecule has 3 rings (SSSR count). The van der Waals surface area contributed by atoms with E-state index in [2.05, 4.69) is 22.8 Å². The summed E-state index contributed by atoms with van der Waals surface area (Å²) in [5, 5.41) is 5.25. The molecule has 0 saturated heterocycles. The molecule has 0 bridgehead atoms. The van der Waals surface area contributed by atoms with Gasteiger partial charge in [0, 0.05) is 18.2 Å². The Bertz CT molecular complexity index is 707. The Morgan fingerprint density at radius 3 is 2.28 bits per heavy atom. The largest absolute Gasteiger partial charge is 0.335 e. The average Bonchev–Trinajstić information content (AvgIpc) is 3.10. The van der Waals surface area contributed by atoms with Crippen molar-refractivity contribution < 1.29 is 14.2 Å². The molecule has 2 aromatic rings. The van der Waals surface area contributed by atoms with Gasteiger partial charge in [0.15, 0.2) is 12.4 Å². The number of pyridine rings is 1. The van der Waals surface area contributed by atoms with Crippen LogP contribution in [0.3, 0.4) is 0 Å². The van der Waals surface area contributed by atoms with Gasteiger partial charge in [-0.15, -0.1) is 0 Å². The number of imide groups is 1. The molecule has 130 valence electrons. The van der Waals surface area contributed by atoms with E-state index in [-0.39, 0.29) is 18.5 Å². The highest BCUT2D eigenvalue weighted by molar-refractivity contribution is 5.93. The molecule has 25 heavy (non-hydrogen) atoms. The van der Waals surface area contributed by atoms with Crippen LogP contribution in [0.25, 0.3) is 0 Å². The molecular formula is C20H24N3O2+. The zero-order valence-corrected chi connectivity index (χ0v) is 14.3. The van der Waals surface area contributed by atoms with Crippen molar-refractivity contribution in [3.05, 3.63) is 66.0 Å². The highest BCUT2D eigenvalue weighted by atomic mass is 16.2. The first-order chi connectivity index (χ1) is 12.2. The minimum atomic E-state index is -0.391. The van der Waals surface area contributed by atoms with E-state index >= 15 is 0 Å². The van der Waals surface area contributed by atoms with Crippen LogP contribution in [0.5, 0.6) is 0 Å². The molecule has 5 nitrogen and oxygen atoms in total. The first kappa shape index (κ1) is 17.1. The van der Waals surface area contributed by atoms with Crippen molar-refractivity contribution in [1.82, 2.24) is 10.6 Å². The molecule has 3 amide bonds. The van der Waals surface area contributed by atoms with Crippen LogP contribution in [-0.2, 0) is 17.8 Å². The summed E-state index contributed by atoms with van der Waals surface area (Å²) in [6.07, 6.45) is 8.88. The topological polar surface area (TPSA) is 62.1 Å². The zero-order chi connectivity index (χ0) is 17.5. The molecule has 0 unspecified atom stereocenters. The van der Waals surface area contributed by atoms with E-state index in [4.69, 9.17) is 0 Å². The Labute approximate surface area is 148 Å². The minimum Gasteiger partial charge on any atom is -0.335 e. The van der Waals surface area contributed by atoms with Crippen LogP contribution in [0.1, 0.15) is 36.8 Å². The van der Waals surface area contributed by atoms with Crippen molar-refractivity contribution >= 4 is 11.9 Å². The second kappa shape index (κ2) is 8.42. The molecule has 0 spiro atoms. The molecule has 1 saturated carbocycles. The molecular weight excluding hydrogens is 314 g/mol. The smallest absolute Gasteiger partial charge is 0.321 e. The van der Waals surface area contributed by atoms with E-state index < -0.39 is 6.03 Å². The number of benzene rings is 1. The Balaban J connectivity index is 1.47. The van der Waals surface area contributed by atoms with E-state index in [1.54, 1.807) is 4.57 Å². The van der Waals surface area contributed by atoms with Crippen LogP contribution >= 0.6 is 0 Å². The number of urea groups is 1. The normalized spacial score (nSPS) is 14.2. The monoisotopic (exact) mass is 338 g/mol. The fourth-order valence-corrected chi connectivity index (χ4v) is 3.17. The summed E-state index contributed by atoms with van der Waals surface area (Å²) in [5.41, 5.74) is 2.43. The number of hydrogen-bond acceptors (Lipinski definition) is 2. The van der Waals surface area contributed by atoms with E-state index in [9.17, 15) is 9.59 Å². The number of nitrogens with zero attached hydrogens (tertiary/aromatic N) is 1. The van der Waals surface area contributed by atoms with Crippen LogP contribution < -0.4 is 15.2 Å². The Kier molecular flexibility index (Phi) is 5.77. The van der Waals surface area contributed by atoms with Gasteiger partial charge < -0.3 is 5.32 Å². The van der Waals surface area contributed by atoms with Crippen molar-refractivity contribution in [1.29, 1.82) is 0 Å². The summed E-state index contributed by atoms with van der Waals surface area (Å²) >= 11 is 0. The molecule has 0 atom stereocenters. The van der Waals surface area contributed by atoms with Gasteiger partial charge >= 0.3 is 6.03 Å². The third-order valence-electron chi connectivity index (χ3n) is 4.48. The standard InChI is InChI=1S/C20H23N3O2/c24-19(22-20(25)21-18-8-4-5-9-18)15-23-12-10-17(11-13-23)14-16-6-2-1-3-7-16/h1-3,6-7,10-13,18H,4-5,8-9,14-15H2,(H-,21,22,24,25)/p+1. The van der Waals surface area contributed by atoms with Gasteiger partial charge in [-0.3, -0.25) is 10.1 Å². The van der Waals surface area contributed by atoms with Gasteiger partial charge in [-0.2, -0.15) is 4.57 Å². The van der Waals surface area contributed by atoms with E-state index in [0.29, 0.717) is 0 Å². The lowest BCUT2D eigenvalue weighted by molar-refractivity contribution is -0.684. The summed E-state index contributed by atoms with van der Waals surface area (Å²) < 4.78 is 1.77. The predicted octanol–water partition coefficient (Wildman–Crippen LogP) is 2.33. The Hall–Kier alpha value is -2.69. The van der Waals surface area contributed by atoms with Crippen molar-refractivity contribution in [3.63, 3.8) is 0 Å². The highest BCUT2D eigenvalue weighted by Gasteiger charge is 2.19. The second-order valence-corrected chi connectivity index (χ2v) is 6.54. The lowest BCUT2D eigenvalue weighted by atomic mass is 10.1. The molecule has 0 aliphatic heterocycles. The first-order valence-electron chi connectivity index (χ1n) is 8.81. The van der Waals surface area contributed by atoms with Crippen LogP contribution in [-0.4, -0.2) is 18.0 Å². The van der Waals surface area contributed by atoms with Crippen molar-refractivity contribution in [3.8, 4) is 0 Å². The number of aromatic nitrogens is 1. The Morgan fingerprint density at radius 1 is 0.960 bits per heavy atom. The maximum absolute atomic E-state index is 12.0. The fourth-order valence-electron chi connectivity index (χ4n) is 3.17. The molecule has 0 radical (unpaired) electrons. The molecule has 2 N–H and O–H groups in total. The Morgan fingerprint density at radius 2 is 1.60 bits per heavy atom. The molecule has 1 fully saturated rings. The van der Waals surface area contributed by atoms with Crippen molar-refractivity contribution in [2.75, 3.05) is 0 Å². The zero-order valence-electron chi connectivity index (χ0n) is 14.3. The number of carbonyl (C=O) groups excluding carboxylic acids is 2. The minimum absolute atomic E-state index is 0.129. The first-order valence-corrected chi connectivity index (χ1v) is 8.81. The molecule has 1 aromatic carbocycles. The number of rotatable bonds is 5. The number of amides is 3. The molecule has 1 heterocycles. The van der Waals surface area contributed by atoms with E-state index in [0.717, 1.165) is 32.1 Å². The summed E-state index contributed by atoms with van der Waals surface area (Å²) in [4.78, 5) is 23.8. The SMILES string of the molecule is O=C(C[n+]1ccc(Cc2ccccc2)cc1)NC(=O)NC1CCCC1. The highest BCUT2D eigenvalue weighted by Crippen LogP contribution is 2.17. The molecule has 1 aliphatic rings. The molecule has 5 heteroatoms. The van der Waals surface area contributed by atoms with Crippen LogP contribution in [0.15, 0.2) is 54.9 Å². The summed E-state index contributed by atoms with van der Waals surface area (Å²) in [7, 11) is 0. The third kappa shape index (κ3) is 5.41. The van der Waals surface area contributed by atoms with Crippen molar-refractivity contribution in [2.45, 2.75) is 44.7 Å². The number of nitrogens with one attached hydrogen (secondary N) is 2. The lowest BCUT2D eigenvalue weighted by Gasteiger charge is -2.11. The maximum atomic E-state index is 12.0. The van der Waals surface area contributed by atoms with Gasteiger partial charge in [-0.05, 0) is 30.4 Å². The van der Waals surface area contributed by atoms with E-state index in [1.165, 1.54) is 11.1 Å². The molecule has 1 aliphatic carbocycles. The van der Waals surface area contributed by atoms with Gasteiger partial charge in [-0.25, -0.2) is 4.79 Å². The third-order valence-corrected chi connectivity index (χ3v) is 4.48. The van der Waals surface area contributed by atoms with Crippen LogP contribution in [0.4, 0.5) is 4.79 Å². The van der Waals surface area contributed by atoms with Gasteiger partial charge in [-0.1, -0.05) is 43.2 Å². The quantitative estimate of drug-likeness (QED) is 0.822. The van der Waals surface area contributed by atoms with Crippen LogP contribution in [0, 0.1) is 0 Å². The van der Waals surface area contributed by atoms with Gasteiger partial charge in [0.05, 0.1) is 0 Å². The number of hydrogen-bond donors (Lipinski definition) is 2. The fraction of sp³-hybridized carbons (Fsp3) is 0.350. The average molecular weight is 338 g/mol. The summed E-state index contributed by atoms with van der Waals surface area (Å²) in [5.74, 6) is -0.309. The van der Waals surface area contributed by atoms with E-state index in [1.807, 2.05) is 42.7 Å². The van der Waals surface area contributed by atoms with Gasteiger partial charge in [0.2, 0.25) is 6.54 Å². The van der Waals surface area contributed by atoms with Gasteiger partial charge in [0.1, 0.15) is 0 Å². The molecule has 1 aromatic heterocycles. The van der Waals surface area contributed by atoms with Crippen LogP contribution in [0.2, 0.25) is 0 Å². The predicted molar refractivity (Wildman–Crippen MR) is 94.8 cm³/mol. The maximum Gasteiger partial charge on any atom is 0.321 e. The second-order valence-electron chi connectivity index (χ2n) is 6.54. The number of carbonyl (C=O) groups is 2. The lowest BCUT2D eigenvalue weighted by Crippen LogP contribution is -2.49. The van der Waals surface area contributed by atoms with Gasteiger partial charge in [0.25, 0.3) is 5.91 Å². The summed E-state index contributed by atoms with van der Waals surface area (Å²) in [6.45, 7) is 0.129. The summed E-state index contributed by atoms with van der Waals surface area (Å²) in [6, 6.07) is 14.1.